The lowest BCUT2D eigenvalue weighted by Gasteiger charge is -2.29. The molecule has 3 atom stereocenters. The van der Waals surface area contributed by atoms with Gasteiger partial charge in [0.25, 0.3) is 5.91 Å². The second-order valence-corrected chi connectivity index (χ2v) is 9.02. The van der Waals surface area contributed by atoms with E-state index in [1.165, 1.54) is 5.56 Å². The van der Waals surface area contributed by atoms with Crippen LogP contribution in [0, 0.1) is 31.6 Å². The van der Waals surface area contributed by atoms with Crippen LogP contribution in [-0.2, 0) is 11.3 Å². The van der Waals surface area contributed by atoms with E-state index in [2.05, 4.69) is 30.8 Å². The van der Waals surface area contributed by atoms with E-state index in [0.717, 1.165) is 62.7 Å². The van der Waals surface area contributed by atoms with Crippen molar-refractivity contribution in [3.05, 3.63) is 17.0 Å². The smallest absolute Gasteiger partial charge is 0.256 e. The summed E-state index contributed by atoms with van der Waals surface area (Å²) in [4.78, 5) is 23.0. The highest BCUT2D eigenvalue weighted by Gasteiger charge is 2.60. The lowest BCUT2D eigenvalue weighted by Crippen LogP contribution is -2.47. The minimum atomic E-state index is -0.502. The molecule has 0 N–H and O–H groups in total. The van der Waals surface area contributed by atoms with Gasteiger partial charge in [0.05, 0.1) is 5.69 Å². The van der Waals surface area contributed by atoms with Crippen LogP contribution in [-0.4, -0.2) is 51.9 Å². The average molecular weight is 373 g/mol. The molecule has 2 aliphatic heterocycles. The van der Waals surface area contributed by atoms with Crippen molar-refractivity contribution in [3.63, 3.8) is 0 Å². The molecule has 4 rings (SSSR count). The first-order valence-electron chi connectivity index (χ1n) is 10.4. The van der Waals surface area contributed by atoms with Gasteiger partial charge in [-0.2, -0.15) is 0 Å². The van der Waals surface area contributed by atoms with Gasteiger partial charge in [-0.15, -0.1) is 0 Å². The number of aliphatic imine (C=N–C) groups is 1. The van der Waals surface area contributed by atoms with E-state index in [-0.39, 0.29) is 5.91 Å². The number of hydrogen-bond acceptors (Lipinski definition) is 5. The molecule has 2 fully saturated rings. The average Bonchev–Trinajstić information content (AvgIpc) is 3.33. The molecule has 3 heterocycles. The van der Waals surface area contributed by atoms with Gasteiger partial charge < -0.3 is 4.52 Å². The van der Waals surface area contributed by atoms with E-state index in [1.807, 2.05) is 18.7 Å². The van der Waals surface area contributed by atoms with Crippen LogP contribution in [0.2, 0.25) is 0 Å². The van der Waals surface area contributed by atoms with Crippen LogP contribution in [0.1, 0.15) is 57.1 Å². The summed E-state index contributed by atoms with van der Waals surface area (Å²) in [6.07, 6.45) is 2.85. The van der Waals surface area contributed by atoms with Gasteiger partial charge in [-0.25, -0.2) is 0 Å². The monoisotopic (exact) mass is 372 g/mol. The minimum Gasteiger partial charge on any atom is -0.361 e. The molecule has 1 aromatic heterocycles. The Kier molecular flexibility index (Phi) is 4.65. The topological polar surface area (TPSA) is 61.9 Å². The van der Waals surface area contributed by atoms with Crippen LogP contribution in [0.25, 0.3) is 0 Å². The second kappa shape index (κ2) is 6.73. The van der Waals surface area contributed by atoms with Gasteiger partial charge in [0.2, 0.25) is 0 Å². The number of amidine groups is 1. The number of hydrogen-bond donors (Lipinski definition) is 0. The van der Waals surface area contributed by atoms with Crippen molar-refractivity contribution in [2.45, 2.75) is 66.0 Å². The summed E-state index contributed by atoms with van der Waals surface area (Å²) in [7, 11) is 0. The largest absolute Gasteiger partial charge is 0.361 e. The summed E-state index contributed by atoms with van der Waals surface area (Å²) in [6, 6.07) is 0. The fourth-order valence-corrected chi connectivity index (χ4v) is 5.38. The van der Waals surface area contributed by atoms with E-state index in [9.17, 15) is 4.79 Å². The first-order chi connectivity index (χ1) is 12.9. The lowest BCUT2D eigenvalue weighted by molar-refractivity contribution is -0.132. The van der Waals surface area contributed by atoms with Gasteiger partial charge in [-0.3, -0.25) is 19.6 Å². The molecular formula is C21H32N4O2. The van der Waals surface area contributed by atoms with Gasteiger partial charge >= 0.3 is 0 Å². The molecule has 148 valence electrons. The van der Waals surface area contributed by atoms with Crippen molar-refractivity contribution in [3.8, 4) is 0 Å². The van der Waals surface area contributed by atoms with Crippen molar-refractivity contribution in [1.29, 1.82) is 0 Å². The minimum absolute atomic E-state index is 0.264. The number of carbonyl (C=O) groups excluding carboxylic acids is 1. The Balaban J connectivity index is 1.55. The summed E-state index contributed by atoms with van der Waals surface area (Å²) >= 11 is 0. The highest BCUT2D eigenvalue weighted by atomic mass is 16.5. The molecule has 1 saturated heterocycles. The number of amides is 1. The number of nitrogens with zero attached hydrogens (tertiary/aromatic N) is 4. The fourth-order valence-electron chi connectivity index (χ4n) is 5.38. The van der Waals surface area contributed by atoms with Gasteiger partial charge in [0, 0.05) is 44.1 Å². The Hall–Kier alpha value is -1.69. The van der Waals surface area contributed by atoms with Crippen LogP contribution < -0.4 is 0 Å². The molecule has 0 unspecified atom stereocenters. The van der Waals surface area contributed by atoms with Crippen molar-refractivity contribution < 1.29 is 9.32 Å². The molecule has 0 bridgehead atoms. The van der Waals surface area contributed by atoms with E-state index in [4.69, 9.17) is 9.52 Å². The van der Waals surface area contributed by atoms with Gasteiger partial charge in [0.1, 0.15) is 17.1 Å². The molecule has 1 spiro atoms. The van der Waals surface area contributed by atoms with Gasteiger partial charge in [-0.05, 0) is 38.5 Å². The summed E-state index contributed by atoms with van der Waals surface area (Å²) in [5.74, 6) is 3.53. The number of likely N-dealkylation sites (tertiary alicyclic amines) is 1. The first-order valence-corrected chi connectivity index (χ1v) is 10.4. The molecule has 27 heavy (non-hydrogen) atoms. The Morgan fingerprint density at radius 3 is 2.70 bits per heavy atom. The van der Waals surface area contributed by atoms with Crippen LogP contribution in [0.4, 0.5) is 0 Å². The van der Waals surface area contributed by atoms with Crippen molar-refractivity contribution in [2.75, 3.05) is 19.6 Å². The number of carbonyl (C=O) groups is 1. The Bertz CT molecular complexity index is 749. The number of rotatable bonds is 5. The number of aromatic nitrogens is 1. The summed E-state index contributed by atoms with van der Waals surface area (Å²) in [5.41, 5.74) is 1.67. The Labute approximate surface area is 162 Å². The molecule has 6 heteroatoms. The van der Waals surface area contributed by atoms with Crippen molar-refractivity contribution >= 4 is 11.7 Å². The zero-order valence-corrected chi connectivity index (χ0v) is 17.3. The van der Waals surface area contributed by atoms with Crippen LogP contribution in [0.15, 0.2) is 9.52 Å². The van der Waals surface area contributed by atoms with Crippen LogP contribution in [0.5, 0.6) is 0 Å². The highest BCUT2D eigenvalue weighted by molar-refractivity contribution is 6.08. The lowest BCUT2D eigenvalue weighted by atomic mass is 9.84. The van der Waals surface area contributed by atoms with Crippen LogP contribution in [0.3, 0.4) is 0 Å². The quantitative estimate of drug-likeness (QED) is 0.796. The maximum Gasteiger partial charge on any atom is 0.256 e. The number of fused-ring (bicyclic) bond motifs is 2. The van der Waals surface area contributed by atoms with E-state index in [0.29, 0.717) is 17.8 Å². The number of aryl methyl sites for hydroxylation is 2. The molecule has 0 radical (unpaired) electrons. The maximum absolute atomic E-state index is 13.5. The normalized spacial score (nSPS) is 30.8. The Morgan fingerprint density at radius 1 is 1.30 bits per heavy atom. The van der Waals surface area contributed by atoms with Crippen molar-refractivity contribution in [2.24, 2.45) is 22.7 Å². The van der Waals surface area contributed by atoms with Gasteiger partial charge in [0.15, 0.2) is 0 Å². The molecule has 1 aliphatic carbocycles. The molecule has 3 aliphatic rings. The molecule has 1 aromatic rings. The molecule has 1 saturated carbocycles. The maximum atomic E-state index is 13.5. The van der Waals surface area contributed by atoms with Gasteiger partial charge in [-0.1, -0.05) is 25.9 Å². The molecular weight excluding hydrogens is 340 g/mol. The fraction of sp³-hybridized carbons (Fsp3) is 0.762. The standard InChI is InChI=1S/C21H32N4O2/c1-6-19-22-21(20(26)25(19)9-13(2)3)8-7-16-10-24(12-18(16)21)11-17-14(4)23-27-15(17)5/h13,16,18H,6-12H2,1-5H3/t16-,18+,21-/m1/s1. The summed E-state index contributed by atoms with van der Waals surface area (Å²) < 4.78 is 5.33. The summed E-state index contributed by atoms with van der Waals surface area (Å²) in [6.45, 7) is 14.1. The molecule has 0 aromatic carbocycles. The molecule has 6 nitrogen and oxygen atoms in total. The first kappa shape index (κ1) is 18.7. The predicted molar refractivity (Wildman–Crippen MR) is 104 cm³/mol. The summed E-state index contributed by atoms with van der Waals surface area (Å²) in [5, 5.41) is 4.09. The van der Waals surface area contributed by atoms with E-state index < -0.39 is 5.54 Å². The Morgan fingerprint density at radius 2 is 2.07 bits per heavy atom. The zero-order valence-electron chi connectivity index (χ0n) is 17.3. The third kappa shape index (κ3) is 2.93. The van der Waals surface area contributed by atoms with E-state index >= 15 is 0 Å². The SMILES string of the molecule is CCC1=N[C@@]2(CC[C@@H]3CN(Cc4c(C)noc4C)C[C@@H]32)C(=O)N1CC(C)C. The predicted octanol–water partition coefficient (Wildman–Crippen LogP) is 3.18. The zero-order chi connectivity index (χ0) is 19.3. The van der Waals surface area contributed by atoms with Crippen molar-refractivity contribution in [1.82, 2.24) is 15.0 Å². The van der Waals surface area contributed by atoms with Crippen LogP contribution >= 0.6 is 0 Å². The highest BCUT2D eigenvalue weighted by Crippen LogP contribution is 2.50. The third-order valence-corrected chi connectivity index (χ3v) is 6.71. The molecule has 1 amide bonds. The second-order valence-electron chi connectivity index (χ2n) is 9.02. The third-order valence-electron chi connectivity index (χ3n) is 6.71. The van der Waals surface area contributed by atoms with E-state index in [1.54, 1.807) is 0 Å².